The highest BCUT2D eigenvalue weighted by atomic mass is 35.5. The lowest BCUT2D eigenvalue weighted by atomic mass is 10.1. The van der Waals surface area contributed by atoms with Crippen LogP contribution in [0.1, 0.15) is 23.1 Å². The Bertz CT molecular complexity index is 441. The van der Waals surface area contributed by atoms with Gasteiger partial charge in [0, 0.05) is 7.11 Å². The van der Waals surface area contributed by atoms with Crippen molar-refractivity contribution in [3.63, 3.8) is 0 Å². The van der Waals surface area contributed by atoms with Crippen LogP contribution in [0.4, 0.5) is 0 Å². The number of halogens is 1. The van der Waals surface area contributed by atoms with E-state index >= 15 is 0 Å². The van der Waals surface area contributed by atoms with Crippen LogP contribution in [0.2, 0.25) is 0 Å². The first-order chi connectivity index (χ1) is 7.86. The molecule has 0 amide bonds. The van der Waals surface area contributed by atoms with Gasteiger partial charge in [-0.3, -0.25) is 0 Å². The molecule has 0 aliphatic carbocycles. The minimum atomic E-state index is -0.252. The van der Waals surface area contributed by atoms with Gasteiger partial charge in [0.2, 0.25) is 0 Å². The number of oxazole rings is 1. The van der Waals surface area contributed by atoms with Crippen molar-refractivity contribution in [1.29, 1.82) is 0 Å². The van der Waals surface area contributed by atoms with Crippen LogP contribution in [0.25, 0.3) is 0 Å². The highest BCUT2D eigenvalue weighted by Gasteiger charge is 2.20. The van der Waals surface area contributed by atoms with E-state index in [1.807, 2.05) is 30.3 Å². The maximum Gasteiger partial charge on any atom is 0.181 e. The van der Waals surface area contributed by atoms with E-state index in [-0.39, 0.29) is 6.10 Å². The van der Waals surface area contributed by atoms with Gasteiger partial charge >= 0.3 is 0 Å². The first-order valence-corrected chi connectivity index (χ1v) is 5.46. The Kier molecular flexibility index (Phi) is 3.59. The molecule has 1 aromatic heterocycles. The smallest absolute Gasteiger partial charge is 0.181 e. The van der Waals surface area contributed by atoms with Crippen molar-refractivity contribution < 1.29 is 9.15 Å². The molecule has 3 nitrogen and oxygen atoms in total. The summed E-state index contributed by atoms with van der Waals surface area (Å²) in [4.78, 5) is 4.05. The van der Waals surface area contributed by atoms with Crippen LogP contribution >= 0.6 is 11.6 Å². The topological polar surface area (TPSA) is 35.3 Å². The fraction of sp³-hybridized carbons (Fsp3) is 0.250. The number of alkyl halides is 1. The van der Waals surface area contributed by atoms with Gasteiger partial charge in [-0.25, -0.2) is 4.98 Å². The summed E-state index contributed by atoms with van der Waals surface area (Å²) in [7, 11) is 1.64. The van der Waals surface area contributed by atoms with E-state index in [1.54, 1.807) is 7.11 Å². The van der Waals surface area contributed by atoms with E-state index < -0.39 is 0 Å². The zero-order chi connectivity index (χ0) is 11.4. The summed E-state index contributed by atoms with van der Waals surface area (Å²) in [6, 6.07) is 9.83. The molecule has 0 saturated carbocycles. The lowest BCUT2D eigenvalue weighted by Gasteiger charge is -2.13. The predicted molar refractivity (Wildman–Crippen MR) is 61.4 cm³/mol. The molecule has 0 aliphatic heterocycles. The third-order valence-corrected chi connectivity index (χ3v) is 2.63. The van der Waals surface area contributed by atoms with E-state index in [2.05, 4.69) is 4.98 Å². The lowest BCUT2D eigenvalue weighted by molar-refractivity contribution is 0.115. The third-order valence-electron chi connectivity index (χ3n) is 2.38. The fourth-order valence-corrected chi connectivity index (χ4v) is 1.81. The lowest BCUT2D eigenvalue weighted by Crippen LogP contribution is -2.04. The van der Waals surface area contributed by atoms with Crippen molar-refractivity contribution in [2.45, 2.75) is 12.0 Å². The van der Waals surface area contributed by atoms with Gasteiger partial charge in [-0.1, -0.05) is 30.3 Å². The van der Waals surface area contributed by atoms with Crippen molar-refractivity contribution in [1.82, 2.24) is 4.98 Å². The first-order valence-electron chi connectivity index (χ1n) is 4.92. The Morgan fingerprint density at radius 1 is 1.38 bits per heavy atom. The summed E-state index contributed by atoms with van der Waals surface area (Å²) in [6.45, 7) is 0. The van der Waals surface area contributed by atoms with Crippen LogP contribution in [0, 0.1) is 0 Å². The second-order valence-corrected chi connectivity index (χ2v) is 3.59. The summed E-state index contributed by atoms with van der Waals surface area (Å²) in [6.07, 6.45) is 1.14. The monoisotopic (exact) mass is 237 g/mol. The van der Waals surface area contributed by atoms with Gasteiger partial charge in [0.1, 0.15) is 11.8 Å². The predicted octanol–water partition coefficient (Wildman–Crippen LogP) is 3.15. The Balaban J connectivity index is 2.37. The third kappa shape index (κ3) is 2.10. The molecule has 0 saturated heterocycles. The summed E-state index contributed by atoms with van der Waals surface area (Å²) in [5.41, 5.74) is 1.74. The molecule has 1 atom stereocenters. The Morgan fingerprint density at radius 2 is 2.12 bits per heavy atom. The fourth-order valence-electron chi connectivity index (χ4n) is 1.61. The van der Waals surface area contributed by atoms with Crippen molar-refractivity contribution in [2.75, 3.05) is 7.11 Å². The molecule has 0 aliphatic rings. The molecule has 2 rings (SSSR count). The van der Waals surface area contributed by atoms with E-state index in [9.17, 15) is 0 Å². The number of hydrogen-bond donors (Lipinski definition) is 0. The number of nitrogens with zero attached hydrogens (tertiary/aromatic N) is 1. The molecule has 1 heterocycles. The Labute approximate surface area is 99.0 Å². The molecular weight excluding hydrogens is 226 g/mol. The molecule has 84 valence electrons. The molecule has 0 spiro atoms. The molecule has 4 heteroatoms. The number of ether oxygens (including phenoxy) is 1. The average Bonchev–Trinajstić information content (AvgIpc) is 2.80. The first kappa shape index (κ1) is 11.2. The van der Waals surface area contributed by atoms with Crippen LogP contribution in [0.5, 0.6) is 0 Å². The van der Waals surface area contributed by atoms with Gasteiger partial charge in [-0.15, -0.1) is 11.6 Å². The van der Waals surface area contributed by atoms with Crippen LogP contribution < -0.4 is 0 Å². The highest BCUT2D eigenvalue weighted by molar-refractivity contribution is 6.16. The molecule has 0 bridgehead atoms. The number of benzene rings is 1. The van der Waals surface area contributed by atoms with E-state index in [4.69, 9.17) is 20.8 Å². The molecule has 0 radical (unpaired) electrons. The van der Waals surface area contributed by atoms with Crippen LogP contribution in [-0.2, 0) is 10.6 Å². The molecule has 0 fully saturated rings. The molecule has 0 N–H and O–H groups in total. The standard InChI is InChI=1S/C12H12ClNO2/c1-15-11(9-5-3-2-4-6-9)12-10(7-13)14-8-16-12/h2-6,8,11H,7H2,1H3. The number of rotatable bonds is 4. The van der Waals surface area contributed by atoms with Crippen molar-refractivity contribution in [3.8, 4) is 0 Å². The van der Waals surface area contributed by atoms with Gasteiger partial charge in [-0.2, -0.15) is 0 Å². The van der Waals surface area contributed by atoms with Gasteiger partial charge in [0.05, 0.1) is 5.88 Å². The quantitative estimate of drug-likeness (QED) is 0.767. The number of hydrogen-bond acceptors (Lipinski definition) is 3. The van der Waals surface area contributed by atoms with E-state index in [0.29, 0.717) is 11.6 Å². The zero-order valence-electron chi connectivity index (χ0n) is 8.89. The highest BCUT2D eigenvalue weighted by Crippen LogP contribution is 2.28. The van der Waals surface area contributed by atoms with Gasteiger partial charge in [-0.05, 0) is 5.56 Å². The van der Waals surface area contributed by atoms with Crippen LogP contribution in [0.15, 0.2) is 41.1 Å². The van der Waals surface area contributed by atoms with Crippen LogP contribution in [0.3, 0.4) is 0 Å². The average molecular weight is 238 g/mol. The van der Waals surface area contributed by atoms with E-state index in [0.717, 1.165) is 11.3 Å². The Hall–Kier alpha value is -1.32. The molecule has 1 unspecified atom stereocenters. The minimum Gasteiger partial charge on any atom is -0.445 e. The van der Waals surface area contributed by atoms with Gasteiger partial charge in [0.25, 0.3) is 0 Å². The second-order valence-electron chi connectivity index (χ2n) is 3.32. The minimum absolute atomic E-state index is 0.252. The number of methoxy groups -OCH3 is 1. The zero-order valence-corrected chi connectivity index (χ0v) is 9.65. The normalized spacial score (nSPS) is 12.6. The second kappa shape index (κ2) is 5.14. The molecule has 2 aromatic rings. The maximum absolute atomic E-state index is 5.78. The van der Waals surface area contributed by atoms with E-state index in [1.165, 1.54) is 6.39 Å². The summed E-state index contributed by atoms with van der Waals surface area (Å²) in [5, 5.41) is 0. The molecular formula is C12H12ClNO2. The summed E-state index contributed by atoms with van der Waals surface area (Å²) in [5.74, 6) is 0.988. The SMILES string of the molecule is COC(c1ccccc1)c1ocnc1CCl. The molecule has 1 aromatic carbocycles. The van der Waals surface area contributed by atoms with Crippen molar-refractivity contribution >= 4 is 11.6 Å². The summed E-state index contributed by atoms with van der Waals surface area (Å²) >= 11 is 5.78. The number of aromatic nitrogens is 1. The maximum atomic E-state index is 5.78. The summed E-state index contributed by atoms with van der Waals surface area (Å²) < 4.78 is 10.8. The Morgan fingerprint density at radius 3 is 2.75 bits per heavy atom. The van der Waals surface area contributed by atoms with Crippen LogP contribution in [-0.4, -0.2) is 12.1 Å². The van der Waals surface area contributed by atoms with Crippen molar-refractivity contribution in [3.05, 3.63) is 53.7 Å². The van der Waals surface area contributed by atoms with Gasteiger partial charge in [0.15, 0.2) is 12.2 Å². The van der Waals surface area contributed by atoms with Crippen molar-refractivity contribution in [2.24, 2.45) is 0 Å². The largest absolute Gasteiger partial charge is 0.445 e. The molecule has 16 heavy (non-hydrogen) atoms. The van der Waals surface area contributed by atoms with Gasteiger partial charge < -0.3 is 9.15 Å².